The number of aromatic nitrogens is 1. The Morgan fingerprint density at radius 1 is 1.22 bits per heavy atom. The van der Waals surface area contributed by atoms with Crippen LogP contribution in [0, 0.1) is 6.92 Å². The van der Waals surface area contributed by atoms with E-state index in [9.17, 15) is 9.59 Å². The summed E-state index contributed by atoms with van der Waals surface area (Å²) in [5.41, 5.74) is 1.02. The van der Waals surface area contributed by atoms with Gasteiger partial charge in [0.05, 0.1) is 0 Å². The van der Waals surface area contributed by atoms with Gasteiger partial charge < -0.3 is 9.88 Å². The van der Waals surface area contributed by atoms with Gasteiger partial charge >= 0.3 is 0 Å². The van der Waals surface area contributed by atoms with Gasteiger partial charge in [0, 0.05) is 37.1 Å². The second-order valence-corrected chi connectivity index (χ2v) is 7.11. The SMILES string of the molecule is Cc1cc(=O)c(C(=O)NCC2(N3CCCC3)CCCC2)cn1C. The minimum atomic E-state index is -0.240. The van der Waals surface area contributed by atoms with Crippen LogP contribution in [-0.4, -0.2) is 40.5 Å². The molecule has 1 aliphatic heterocycles. The number of nitrogens with one attached hydrogen (secondary N) is 1. The predicted octanol–water partition coefficient (Wildman–Crippen LogP) is 1.83. The van der Waals surface area contributed by atoms with Crippen molar-refractivity contribution in [3.63, 3.8) is 0 Å². The maximum absolute atomic E-state index is 12.5. The summed E-state index contributed by atoms with van der Waals surface area (Å²) in [6.45, 7) is 4.80. The van der Waals surface area contributed by atoms with E-state index in [-0.39, 0.29) is 22.4 Å². The fourth-order valence-corrected chi connectivity index (χ4v) is 4.07. The fraction of sp³-hybridized carbons (Fsp3) is 0.667. The number of hydrogen-bond donors (Lipinski definition) is 1. The standard InChI is InChI=1S/C18H27N3O2/c1-14-11-16(22)15(12-20(14)2)17(23)19-13-18(7-3-4-8-18)21-9-5-6-10-21/h11-12H,3-10,13H2,1-2H3,(H,19,23). The molecule has 0 unspecified atom stereocenters. The number of amides is 1. The van der Waals surface area contributed by atoms with Crippen LogP contribution in [0.1, 0.15) is 54.6 Å². The van der Waals surface area contributed by atoms with Crippen molar-refractivity contribution in [3.8, 4) is 0 Å². The lowest BCUT2D eigenvalue weighted by Crippen LogP contribution is -2.53. The molecule has 0 bridgehead atoms. The van der Waals surface area contributed by atoms with Gasteiger partial charge in [0.1, 0.15) is 5.56 Å². The average Bonchev–Trinajstić information content (AvgIpc) is 3.20. The Kier molecular flexibility index (Phi) is 4.57. The van der Waals surface area contributed by atoms with Crippen LogP contribution in [0.4, 0.5) is 0 Å². The number of aryl methyl sites for hydroxylation is 2. The number of rotatable bonds is 4. The number of hydrogen-bond acceptors (Lipinski definition) is 3. The van der Waals surface area contributed by atoms with E-state index >= 15 is 0 Å². The second kappa shape index (κ2) is 6.48. The van der Waals surface area contributed by atoms with Crippen molar-refractivity contribution in [2.24, 2.45) is 7.05 Å². The molecule has 0 atom stereocenters. The molecule has 126 valence electrons. The first-order valence-electron chi connectivity index (χ1n) is 8.72. The predicted molar refractivity (Wildman–Crippen MR) is 90.8 cm³/mol. The molecule has 5 heteroatoms. The van der Waals surface area contributed by atoms with Crippen molar-refractivity contribution < 1.29 is 4.79 Å². The third-order valence-corrected chi connectivity index (χ3v) is 5.62. The zero-order valence-corrected chi connectivity index (χ0v) is 14.2. The molecule has 1 aromatic rings. The van der Waals surface area contributed by atoms with Crippen molar-refractivity contribution in [1.29, 1.82) is 0 Å². The highest BCUT2D eigenvalue weighted by molar-refractivity contribution is 5.93. The highest BCUT2D eigenvalue weighted by Crippen LogP contribution is 2.36. The van der Waals surface area contributed by atoms with Crippen molar-refractivity contribution in [2.75, 3.05) is 19.6 Å². The van der Waals surface area contributed by atoms with Gasteiger partial charge in [-0.1, -0.05) is 12.8 Å². The molecule has 0 radical (unpaired) electrons. The third-order valence-electron chi connectivity index (χ3n) is 5.62. The summed E-state index contributed by atoms with van der Waals surface area (Å²) in [4.78, 5) is 27.1. The Labute approximate surface area is 137 Å². The van der Waals surface area contributed by atoms with Gasteiger partial charge in [-0.25, -0.2) is 0 Å². The maximum atomic E-state index is 12.5. The second-order valence-electron chi connectivity index (χ2n) is 7.11. The van der Waals surface area contributed by atoms with Crippen LogP contribution in [0.25, 0.3) is 0 Å². The minimum absolute atomic E-state index is 0.113. The molecular formula is C18H27N3O2. The number of carbonyl (C=O) groups is 1. The molecule has 2 heterocycles. The Balaban J connectivity index is 1.72. The Morgan fingerprint density at radius 3 is 2.52 bits per heavy atom. The first kappa shape index (κ1) is 16.2. The van der Waals surface area contributed by atoms with E-state index in [1.165, 1.54) is 31.7 Å². The molecule has 2 aliphatic rings. The summed E-state index contributed by atoms with van der Waals surface area (Å²) in [5, 5.41) is 3.05. The molecule has 23 heavy (non-hydrogen) atoms. The molecule has 3 rings (SSSR count). The van der Waals surface area contributed by atoms with Crippen LogP contribution in [0.15, 0.2) is 17.1 Å². The number of nitrogens with zero attached hydrogens (tertiary/aromatic N) is 2. The Morgan fingerprint density at radius 2 is 1.87 bits per heavy atom. The summed E-state index contributed by atoms with van der Waals surface area (Å²) in [7, 11) is 1.86. The van der Waals surface area contributed by atoms with E-state index < -0.39 is 0 Å². The zero-order valence-electron chi connectivity index (χ0n) is 14.2. The van der Waals surface area contributed by atoms with Gasteiger partial charge in [-0.2, -0.15) is 0 Å². The monoisotopic (exact) mass is 317 g/mol. The molecule has 1 amide bonds. The first-order valence-corrected chi connectivity index (χ1v) is 8.72. The molecular weight excluding hydrogens is 290 g/mol. The van der Waals surface area contributed by atoms with Crippen molar-refractivity contribution in [2.45, 2.75) is 51.0 Å². The lowest BCUT2D eigenvalue weighted by atomic mass is 9.95. The molecule has 1 saturated heterocycles. The zero-order chi connectivity index (χ0) is 16.4. The van der Waals surface area contributed by atoms with E-state index in [0.717, 1.165) is 31.6 Å². The summed E-state index contributed by atoms with van der Waals surface area (Å²) < 4.78 is 1.82. The van der Waals surface area contributed by atoms with Crippen LogP contribution < -0.4 is 10.7 Å². The maximum Gasteiger partial charge on any atom is 0.256 e. The number of carbonyl (C=O) groups excluding carboxylic acids is 1. The van der Waals surface area contributed by atoms with E-state index in [1.807, 2.05) is 18.5 Å². The highest BCUT2D eigenvalue weighted by Gasteiger charge is 2.40. The van der Waals surface area contributed by atoms with Crippen LogP contribution in [0.5, 0.6) is 0 Å². The summed E-state index contributed by atoms with van der Waals surface area (Å²) in [6, 6.07) is 1.53. The van der Waals surface area contributed by atoms with Gasteiger partial charge in [-0.3, -0.25) is 14.5 Å². The first-order chi connectivity index (χ1) is 11.0. The average molecular weight is 317 g/mol. The number of pyridine rings is 1. The lowest BCUT2D eigenvalue weighted by Gasteiger charge is -2.39. The molecule has 0 spiro atoms. The highest BCUT2D eigenvalue weighted by atomic mass is 16.2. The van der Waals surface area contributed by atoms with Crippen LogP contribution in [0.3, 0.4) is 0 Å². The fourth-order valence-electron chi connectivity index (χ4n) is 4.07. The third kappa shape index (κ3) is 3.20. The van der Waals surface area contributed by atoms with Crippen LogP contribution in [-0.2, 0) is 7.05 Å². The van der Waals surface area contributed by atoms with Crippen molar-refractivity contribution >= 4 is 5.91 Å². The molecule has 1 aromatic heterocycles. The van der Waals surface area contributed by atoms with E-state index in [1.54, 1.807) is 6.20 Å². The van der Waals surface area contributed by atoms with E-state index in [4.69, 9.17) is 0 Å². The van der Waals surface area contributed by atoms with E-state index in [2.05, 4.69) is 10.2 Å². The van der Waals surface area contributed by atoms with Crippen LogP contribution in [0.2, 0.25) is 0 Å². The minimum Gasteiger partial charge on any atom is -0.354 e. The van der Waals surface area contributed by atoms with Gasteiger partial charge in [0.15, 0.2) is 5.43 Å². The summed E-state index contributed by atoms with van der Waals surface area (Å²) >= 11 is 0. The molecule has 1 aliphatic carbocycles. The lowest BCUT2D eigenvalue weighted by molar-refractivity contribution is 0.0859. The van der Waals surface area contributed by atoms with E-state index in [0.29, 0.717) is 6.54 Å². The largest absolute Gasteiger partial charge is 0.354 e. The Bertz CT molecular complexity index is 638. The topological polar surface area (TPSA) is 54.3 Å². The van der Waals surface area contributed by atoms with Gasteiger partial charge in [-0.05, 0) is 45.7 Å². The van der Waals surface area contributed by atoms with Gasteiger partial charge in [-0.15, -0.1) is 0 Å². The van der Waals surface area contributed by atoms with Crippen LogP contribution >= 0.6 is 0 Å². The van der Waals surface area contributed by atoms with Gasteiger partial charge in [0.25, 0.3) is 5.91 Å². The molecule has 1 N–H and O–H groups in total. The summed E-state index contributed by atoms with van der Waals surface area (Å²) in [5.74, 6) is -0.240. The normalized spacial score (nSPS) is 20.8. The Hall–Kier alpha value is -1.62. The van der Waals surface area contributed by atoms with Crippen molar-refractivity contribution in [3.05, 3.63) is 33.7 Å². The summed E-state index contributed by atoms with van der Waals surface area (Å²) in [6.07, 6.45) is 8.93. The van der Waals surface area contributed by atoms with Crippen molar-refractivity contribution in [1.82, 2.24) is 14.8 Å². The smallest absolute Gasteiger partial charge is 0.256 e. The number of likely N-dealkylation sites (tertiary alicyclic amines) is 1. The molecule has 0 aromatic carbocycles. The molecule has 2 fully saturated rings. The molecule has 1 saturated carbocycles. The quantitative estimate of drug-likeness (QED) is 0.922. The van der Waals surface area contributed by atoms with Gasteiger partial charge in [0.2, 0.25) is 0 Å². The molecule has 5 nitrogen and oxygen atoms in total.